The minimum Gasteiger partial charge on any atom is -0.393 e. The average Bonchev–Trinajstić information content (AvgIpc) is 2.74. The zero-order valence-electron chi connectivity index (χ0n) is 13.1. The van der Waals surface area contributed by atoms with Crippen molar-refractivity contribution >= 4 is 0 Å². The zero-order valence-corrected chi connectivity index (χ0v) is 13.1. The van der Waals surface area contributed by atoms with Gasteiger partial charge in [-0.25, -0.2) is 0 Å². The molecule has 1 nitrogen and oxygen atoms in total. The van der Waals surface area contributed by atoms with Crippen LogP contribution in [-0.2, 0) is 0 Å². The van der Waals surface area contributed by atoms with E-state index in [9.17, 15) is 5.11 Å². The Morgan fingerprint density at radius 2 is 1.70 bits per heavy atom. The van der Waals surface area contributed by atoms with Crippen LogP contribution in [-0.4, -0.2) is 11.2 Å². The summed E-state index contributed by atoms with van der Waals surface area (Å²) in [4.78, 5) is 0. The molecule has 20 heavy (non-hydrogen) atoms. The topological polar surface area (TPSA) is 20.2 Å². The van der Waals surface area contributed by atoms with E-state index in [1.807, 2.05) is 0 Å². The van der Waals surface area contributed by atoms with Crippen LogP contribution in [0, 0.1) is 34.5 Å². The van der Waals surface area contributed by atoms with E-state index in [1.165, 1.54) is 44.9 Å². The number of hydrogen-bond acceptors (Lipinski definition) is 1. The first-order chi connectivity index (χ1) is 9.56. The minimum absolute atomic E-state index is 0.0229. The van der Waals surface area contributed by atoms with E-state index >= 15 is 0 Å². The minimum atomic E-state index is -0.0229. The molecule has 112 valence electrons. The highest BCUT2D eigenvalue weighted by atomic mass is 16.3. The lowest BCUT2D eigenvalue weighted by Gasteiger charge is -2.59. The van der Waals surface area contributed by atoms with Crippen LogP contribution in [0.1, 0.15) is 65.2 Å². The molecule has 4 rings (SSSR count). The molecule has 0 spiro atoms. The summed E-state index contributed by atoms with van der Waals surface area (Å²) in [6.07, 6.45) is 15.4. The van der Waals surface area contributed by atoms with Crippen LogP contribution in [0.5, 0.6) is 0 Å². The van der Waals surface area contributed by atoms with Gasteiger partial charge in [0.1, 0.15) is 0 Å². The lowest BCUT2D eigenvalue weighted by molar-refractivity contribution is -0.104. The van der Waals surface area contributed by atoms with E-state index in [0.717, 1.165) is 30.1 Å². The molecular formula is C19H30O. The maximum absolute atomic E-state index is 10.5. The highest BCUT2D eigenvalue weighted by molar-refractivity contribution is 5.13. The molecule has 0 heterocycles. The van der Waals surface area contributed by atoms with E-state index < -0.39 is 0 Å². The molecule has 0 amide bonds. The van der Waals surface area contributed by atoms with E-state index in [-0.39, 0.29) is 11.5 Å². The van der Waals surface area contributed by atoms with Gasteiger partial charge in [-0.2, -0.15) is 0 Å². The lowest BCUT2D eigenvalue weighted by atomic mass is 9.46. The quantitative estimate of drug-likeness (QED) is 0.642. The van der Waals surface area contributed by atoms with Crippen molar-refractivity contribution in [3.63, 3.8) is 0 Å². The third-order valence-corrected chi connectivity index (χ3v) is 8.11. The SMILES string of the molecule is C[C@]12CC[C@H]3[C@@H](CCC4C=CCC[C@@]43C)[C@@H]1CC[C@@H]2O. The molecule has 1 unspecified atom stereocenters. The van der Waals surface area contributed by atoms with Crippen LogP contribution in [0.25, 0.3) is 0 Å². The molecule has 0 bridgehead atoms. The molecule has 3 fully saturated rings. The predicted molar refractivity (Wildman–Crippen MR) is 82.3 cm³/mol. The summed E-state index contributed by atoms with van der Waals surface area (Å²) in [6.45, 7) is 4.98. The van der Waals surface area contributed by atoms with E-state index in [2.05, 4.69) is 26.0 Å². The normalized spacial score (nSPS) is 57.9. The maximum atomic E-state index is 10.5. The monoisotopic (exact) mass is 274 g/mol. The van der Waals surface area contributed by atoms with Crippen LogP contribution in [0.2, 0.25) is 0 Å². The van der Waals surface area contributed by atoms with Crippen molar-refractivity contribution < 1.29 is 5.11 Å². The van der Waals surface area contributed by atoms with E-state index in [1.54, 1.807) is 0 Å². The first kappa shape index (κ1) is 13.4. The van der Waals surface area contributed by atoms with Crippen molar-refractivity contribution in [1.82, 2.24) is 0 Å². The van der Waals surface area contributed by atoms with Gasteiger partial charge >= 0.3 is 0 Å². The Balaban J connectivity index is 1.67. The average molecular weight is 274 g/mol. The second kappa shape index (κ2) is 4.35. The van der Waals surface area contributed by atoms with Crippen LogP contribution >= 0.6 is 0 Å². The molecular weight excluding hydrogens is 244 g/mol. The summed E-state index contributed by atoms with van der Waals surface area (Å²) in [5.41, 5.74) is 0.807. The Kier molecular flexibility index (Phi) is 2.91. The van der Waals surface area contributed by atoms with Crippen LogP contribution < -0.4 is 0 Å². The molecule has 3 saturated carbocycles. The molecule has 0 aromatic heterocycles. The number of allylic oxidation sites excluding steroid dienone is 2. The fraction of sp³-hybridized carbons (Fsp3) is 0.895. The van der Waals surface area contributed by atoms with Crippen LogP contribution in [0.15, 0.2) is 12.2 Å². The maximum Gasteiger partial charge on any atom is 0.0596 e. The summed E-state index contributed by atoms with van der Waals surface area (Å²) < 4.78 is 0. The highest BCUT2D eigenvalue weighted by Crippen LogP contribution is 2.65. The van der Waals surface area contributed by atoms with Crippen LogP contribution in [0.3, 0.4) is 0 Å². The Labute approximate surface area is 123 Å². The summed E-state index contributed by atoms with van der Waals surface area (Å²) in [5.74, 6) is 3.47. The molecule has 4 aliphatic rings. The standard InChI is InChI=1S/C19H30O/c1-18-11-4-3-5-13(18)6-7-14-15-8-9-17(20)19(15,2)12-10-16(14)18/h3,5,13-17,20H,4,6-12H2,1-2H3/t13?,14-,15-,16-,17-,18-,19-/m0/s1. The van der Waals surface area contributed by atoms with Crippen molar-refractivity contribution in [2.45, 2.75) is 71.3 Å². The van der Waals surface area contributed by atoms with Crippen LogP contribution in [0.4, 0.5) is 0 Å². The summed E-state index contributed by atoms with van der Waals surface area (Å²) in [7, 11) is 0. The lowest BCUT2D eigenvalue weighted by Crippen LogP contribution is -2.52. The molecule has 0 aromatic rings. The Morgan fingerprint density at radius 1 is 0.900 bits per heavy atom. The van der Waals surface area contributed by atoms with Gasteiger partial charge in [0.2, 0.25) is 0 Å². The second-order valence-corrected chi connectivity index (χ2v) is 8.67. The summed E-state index contributed by atoms with van der Waals surface area (Å²) in [5, 5.41) is 10.5. The fourth-order valence-corrected chi connectivity index (χ4v) is 6.80. The van der Waals surface area contributed by atoms with E-state index in [4.69, 9.17) is 0 Å². The summed E-state index contributed by atoms with van der Waals surface area (Å²) in [6, 6.07) is 0. The molecule has 0 radical (unpaired) electrons. The molecule has 0 aliphatic heterocycles. The molecule has 4 aliphatic carbocycles. The van der Waals surface area contributed by atoms with Crippen molar-refractivity contribution in [3.05, 3.63) is 12.2 Å². The van der Waals surface area contributed by atoms with Gasteiger partial charge in [0.15, 0.2) is 0 Å². The van der Waals surface area contributed by atoms with Gasteiger partial charge in [0, 0.05) is 0 Å². The van der Waals surface area contributed by atoms with Crippen molar-refractivity contribution in [3.8, 4) is 0 Å². The van der Waals surface area contributed by atoms with Gasteiger partial charge in [0.05, 0.1) is 6.10 Å². The Bertz CT molecular complexity index is 427. The first-order valence-electron chi connectivity index (χ1n) is 8.90. The van der Waals surface area contributed by atoms with E-state index in [0.29, 0.717) is 5.41 Å². The Hall–Kier alpha value is -0.300. The van der Waals surface area contributed by atoms with Gasteiger partial charge in [-0.05, 0) is 85.9 Å². The van der Waals surface area contributed by atoms with Gasteiger partial charge < -0.3 is 5.11 Å². The zero-order chi connectivity index (χ0) is 14.0. The van der Waals surface area contributed by atoms with Crippen molar-refractivity contribution in [1.29, 1.82) is 0 Å². The third-order valence-electron chi connectivity index (χ3n) is 8.11. The number of rotatable bonds is 0. The first-order valence-corrected chi connectivity index (χ1v) is 8.90. The highest BCUT2D eigenvalue weighted by Gasteiger charge is 2.59. The third kappa shape index (κ3) is 1.59. The molecule has 1 heteroatoms. The van der Waals surface area contributed by atoms with Crippen molar-refractivity contribution in [2.75, 3.05) is 0 Å². The van der Waals surface area contributed by atoms with Gasteiger partial charge in [-0.1, -0.05) is 26.0 Å². The fourth-order valence-electron chi connectivity index (χ4n) is 6.80. The second-order valence-electron chi connectivity index (χ2n) is 8.67. The van der Waals surface area contributed by atoms with Gasteiger partial charge in [0.25, 0.3) is 0 Å². The number of hydrogen-bond donors (Lipinski definition) is 1. The van der Waals surface area contributed by atoms with Crippen molar-refractivity contribution in [2.24, 2.45) is 34.5 Å². The number of aliphatic hydroxyl groups is 1. The van der Waals surface area contributed by atoms with Gasteiger partial charge in [-0.3, -0.25) is 0 Å². The molecule has 7 atom stereocenters. The molecule has 1 N–H and O–H groups in total. The molecule has 0 aromatic carbocycles. The summed E-state index contributed by atoms with van der Waals surface area (Å²) >= 11 is 0. The largest absolute Gasteiger partial charge is 0.393 e. The number of fused-ring (bicyclic) bond motifs is 5. The molecule has 0 saturated heterocycles. The number of aliphatic hydroxyl groups excluding tert-OH is 1. The Morgan fingerprint density at radius 3 is 2.55 bits per heavy atom. The smallest absolute Gasteiger partial charge is 0.0596 e. The predicted octanol–water partition coefficient (Wildman–Crippen LogP) is 4.56. The van der Waals surface area contributed by atoms with Gasteiger partial charge in [-0.15, -0.1) is 0 Å².